The summed E-state index contributed by atoms with van der Waals surface area (Å²) in [6.07, 6.45) is 5.72. The van der Waals surface area contributed by atoms with Gasteiger partial charge in [0, 0.05) is 19.9 Å². The molecule has 0 radical (unpaired) electrons. The second-order valence-corrected chi connectivity index (χ2v) is 4.40. The Labute approximate surface area is 97.0 Å². The maximum absolute atomic E-state index is 5.76. The first-order valence-electron chi connectivity index (χ1n) is 6.15. The smallest absolute Gasteiger partial charge is 0.0820 e. The van der Waals surface area contributed by atoms with E-state index < -0.39 is 0 Å². The topological polar surface area (TPSA) is 39.1 Å². The summed E-state index contributed by atoms with van der Waals surface area (Å²) in [5, 5.41) is 8.02. The van der Waals surface area contributed by atoms with Crippen molar-refractivity contribution in [1.82, 2.24) is 15.1 Å². The number of nitrogens with one attached hydrogen (secondary N) is 1. The van der Waals surface area contributed by atoms with E-state index in [9.17, 15) is 0 Å². The summed E-state index contributed by atoms with van der Waals surface area (Å²) in [7, 11) is 1.95. The Balaban J connectivity index is 2.06. The van der Waals surface area contributed by atoms with Gasteiger partial charge in [0.1, 0.15) is 0 Å². The number of hydrogen-bond donors (Lipinski definition) is 1. The third kappa shape index (κ3) is 2.62. The SMILES string of the molecule is CCCNC(c1ccn(C)n1)C1CCCO1. The molecule has 1 aliphatic heterocycles. The molecular formula is C12H21N3O. The quantitative estimate of drug-likeness (QED) is 0.825. The number of nitrogens with zero attached hydrogens (tertiary/aromatic N) is 2. The lowest BCUT2D eigenvalue weighted by atomic mass is 10.0. The van der Waals surface area contributed by atoms with Crippen LogP contribution in [0.4, 0.5) is 0 Å². The van der Waals surface area contributed by atoms with E-state index in [0.717, 1.165) is 31.7 Å². The zero-order valence-corrected chi connectivity index (χ0v) is 10.1. The van der Waals surface area contributed by atoms with Gasteiger partial charge < -0.3 is 10.1 Å². The molecule has 1 aromatic rings. The second kappa shape index (κ2) is 5.46. The Bertz CT molecular complexity index is 318. The van der Waals surface area contributed by atoms with E-state index in [4.69, 9.17) is 4.74 Å². The molecule has 2 rings (SSSR count). The minimum Gasteiger partial charge on any atom is -0.376 e. The van der Waals surface area contributed by atoms with Crippen LogP contribution in [0.3, 0.4) is 0 Å². The van der Waals surface area contributed by atoms with Gasteiger partial charge in [0.25, 0.3) is 0 Å². The van der Waals surface area contributed by atoms with E-state index in [1.807, 2.05) is 17.9 Å². The van der Waals surface area contributed by atoms with E-state index in [-0.39, 0.29) is 6.04 Å². The van der Waals surface area contributed by atoms with Crippen molar-refractivity contribution in [3.63, 3.8) is 0 Å². The van der Waals surface area contributed by atoms with Gasteiger partial charge in [-0.3, -0.25) is 4.68 Å². The number of rotatable bonds is 5. The Kier molecular flexibility index (Phi) is 3.96. The molecule has 4 heteroatoms. The van der Waals surface area contributed by atoms with Crippen LogP contribution in [-0.2, 0) is 11.8 Å². The summed E-state index contributed by atoms with van der Waals surface area (Å²) in [5.74, 6) is 0. The van der Waals surface area contributed by atoms with E-state index in [0.29, 0.717) is 6.10 Å². The maximum atomic E-state index is 5.76. The van der Waals surface area contributed by atoms with Gasteiger partial charge >= 0.3 is 0 Å². The van der Waals surface area contributed by atoms with Crippen molar-refractivity contribution in [2.45, 2.75) is 38.3 Å². The first kappa shape index (κ1) is 11.6. The Hall–Kier alpha value is -0.870. The van der Waals surface area contributed by atoms with Gasteiger partial charge in [-0.1, -0.05) is 6.92 Å². The average molecular weight is 223 g/mol. The molecule has 0 bridgehead atoms. The fourth-order valence-corrected chi connectivity index (χ4v) is 2.19. The van der Waals surface area contributed by atoms with Gasteiger partial charge in [0.05, 0.1) is 17.8 Å². The molecule has 1 aromatic heterocycles. The number of hydrogen-bond acceptors (Lipinski definition) is 3. The second-order valence-electron chi connectivity index (χ2n) is 4.40. The van der Waals surface area contributed by atoms with Crippen LogP contribution in [0.15, 0.2) is 12.3 Å². The summed E-state index contributed by atoms with van der Waals surface area (Å²) in [6, 6.07) is 2.33. The highest BCUT2D eigenvalue weighted by molar-refractivity contribution is 5.08. The van der Waals surface area contributed by atoms with Crippen LogP contribution in [0.1, 0.15) is 37.9 Å². The molecular weight excluding hydrogens is 202 g/mol. The highest BCUT2D eigenvalue weighted by Gasteiger charge is 2.28. The van der Waals surface area contributed by atoms with E-state index in [1.54, 1.807) is 0 Å². The summed E-state index contributed by atoms with van der Waals surface area (Å²) in [5.41, 5.74) is 1.10. The van der Waals surface area contributed by atoms with Crippen molar-refractivity contribution < 1.29 is 4.74 Å². The molecule has 0 amide bonds. The third-order valence-corrected chi connectivity index (χ3v) is 3.00. The maximum Gasteiger partial charge on any atom is 0.0820 e. The minimum absolute atomic E-state index is 0.253. The summed E-state index contributed by atoms with van der Waals surface area (Å²) >= 11 is 0. The van der Waals surface area contributed by atoms with Gasteiger partial charge in [-0.15, -0.1) is 0 Å². The highest BCUT2D eigenvalue weighted by Crippen LogP contribution is 2.25. The lowest BCUT2D eigenvalue weighted by molar-refractivity contribution is 0.0768. The summed E-state index contributed by atoms with van der Waals surface area (Å²) in [6.45, 7) is 4.08. The van der Waals surface area contributed by atoms with Crippen LogP contribution in [0.2, 0.25) is 0 Å². The van der Waals surface area contributed by atoms with Gasteiger partial charge in [-0.2, -0.15) is 5.10 Å². The van der Waals surface area contributed by atoms with Crippen LogP contribution in [0.25, 0.3) is 0 Å². The Morgan fingerprint density at radius 1 is 1.69 bits per heavy atom. The number of ether oxygens (including phenoxy) is 1. The lowest BCUT2D eigenvalue weighted by Crippen LogP contribution is -2.32. The van der Waals surface area contributed by atoms with E-state index >= 15 is 0 Å². The number of aryl methyl sites for hydroxylation is 1. The lowest BCUT2D eigenvalue weighted by Gasteiger charge is -2.22. The molecule has 0 aliphatic carbocycles. The third-order valence-electron chi connectivity index (χ3n) is 3.00. The van der Waals surface area contributed by atoms with Crippen LogP contribution in [0.5, 0.6) is 0 Å². The normalized spacial score (nSPS) is 22.5. The molecule has 2 heterocycles. The molecule has 0 spiro atoms. The molecule has 1 N–H and O–H groups in total. The molecule has 1 fully saturated rings. The van der Waals surface area contributed by atoms with Crippen molar-refractivity contribution >= 4 is 0 Å². The Morgan fingerprint density at radius 2 is 2.56 bits per heavy atom. The summed E-state index contributed by atoms with van der Waals surface area (Å²) < 4.78 is 7.62. The molecule has 4 nitrogen and oxygen atoms in total. The average Bonchev–Trinajstić information content (AvgIpc) is 2.91. The monoisotopic (exact) mass is 223 g/mol. The molecule has 1 saturated heterocycles. The van der Waals surface area contributed by atoms with Crippen molar-refractivity contribution in [2.75, 3.05) is 13.2 Å². The van der Waals surface area contributed by atoms with Crippen molar-refractivity contribution in [2.24, 2.45) is 7.05 Å². The highest BCUT2D eigenvalue weighted by atomic mass is 16.5. The molecule has 2 atom stereocenters. The zero-order valence-electron chi connectivity index (χ0n) is 10.1. The minimum atomic E-state index is 0.253. The summed E-state index contributed by atoms with van der Waals surface area (Å²) in [4.78, 5) is 0. The largest absolute Gasteiger partial charge is 0.376 e. The van der Waals surface area contributed by atoms with Gasteiger partial charge in [-0.25, -0.2) is 0 Å². The molecule has 2 unspecified atom stereocenters. The fraction of sp³-hybridized carbons (Fsp3) is 0.750. The predicted molar refractivity (Wildman–Crippen MR) is 63.2 cm³/mol. The first-order valence-corrected chi connectivity index (χ1v) is 6.15. The van der Waals surface area contributed by atoms with Gasteiger partial charge in [-0.05, 0) is 31.9 Å². The van der Waals surface area contributed by atoms with Crippen molar-refractivity contribution in [1.29, 1.82) is 0 Å². The molecule has 16 heavy (non-hydrogen) atoms. The van der Waals surface area contributed by atoms with Gasteiger partial charge in [0.2, 0.25) is 0 Å². The van der Waals surface area contributed by atoms with Crippen LogP contribution >= 0.6 is 0 Å². The van der Waals surface area contributed by atoms with Gasteiger partial charge in [0.15, 0.2) is 0 Å². The fourth-order valence-electron chi connectivity index (χ4n) is 2.19. The Morgan fingerprint density at radius 3 is 3.12 bits per heavy atom. The van der Waals surface area contributed by atoms with Crippen LogP contribution in [0, 0.1) is 0 Å². The molecule has 90 valence electrons. The first-order chi connectivity index (χ1) is 7.81. The zero-order chi connectivity index (χ0) is 11.4. The van der Waals surface area contributed by atoms with Crippen molar-refractivity contribution in [3.05, 3.63) is 18.0 Å². The van der Waals surface area contributed by atoms with Crippen LogP contribution < -0.4 is 5.32 Å². The standard InChI is InChI=1S/C12H21N3O/c1-3-7-13-12(11-5-4-9-16-11)10-6-8-15(2)14-10/h6,8,11-13H,3-5,7,9H2,1-2H3. The number of aromatic nitrogens is 2. The van der Waals surface area contributed by atoms with Crippen molar-refractivity contribution in [3.8, 4) is 0 Å². The molecule has 0 aromatic carbocycles. The van der Waals surface area contributed by atoms with Crippen LogP contribution in [-0.4, -0.2) is 29.0 Å². The van der Waals surface area contributed by atoms with E-state index in [1.165, 1.54) is 6.42 Å². The molecule has 0 saturated carbocycles. The van der Waals surface area contributed by atoms with E-state index in [2.05, 4.69) is 23.4 Å². The predicted octanol–water partition coefficient (Wildman–Crippen LogP) is 1.64. The molecule has 1 aliphatic rings.